The van der Waals surface area contributed by atoms with Crippen molar-refractivity contribution >= 4 is 40.4 Å². The van der Waals surface area contributed by atoms with Crippen LogP contribution in [0.15, 0.2) is 83.1 Å². The minimum Gasteiger partial charge on any atom is -0.427 e. The molecule has 0 spiro atoms. The zero-order chi connectivity index (χ0) is 24.8. The SMILES string of the molecule is CC(=O)Oc1ccc(C(C)=NNC(=O)CSc2nc3ccccc3n2Cc2ccc(C)cc2)cc1. The van der Waals surface area contributed by atoms with Crippen LogP contribution in [0.25, 0.3) is 11.0 Å². The minimum atomic E-state index is -0.375. The van der Waals surface area contributed by atoms with Gasteiger partial charge in [0.2, 0.25) is 0 Å². The fraction of sp³-hybridized carbons (Fsp3) is 0.185. The Labute approximate surface area is 208 Å². The predicted molar refractivity (Wildman–Crippen MR) is 139 cm³/mol. The van der Waals surface area contributed by atoms with Gasteiger partial charge in [0.25, 0.3) is 5.91 Å². The van der Waals surface area contributed by atoms with Crippen LogP contribution in [0.5, 0.6) is 5.75 Å². The summed E-state index contributed by atoms with van der Waals surface area (Å²) in [5.74, 6) is 0.0440. The van der Waals surface area contributed by atoms with Crippen LogP contribution in [-0.2, 0) is 16.1 Å². The number of hydrogen-bond donors (Lipinski definition) is 1. The van der Waals surface area contributed by atoms with Crippen LogP contribution < -0.4 is 10.2 Å². The lowest BCUT2D eigenvalue weighted by molar-refractivity contribution is -0.131. The number of carbonyl (C=O) groups excluding carboxylic acids is 2. The minimum absolute atomic E-state index is 0.180. The summed E-state index contributed by atoms with van der Waals surface area (Å²) in [5, 5.41) is 4.99. The summed E-state index contributed by atoms with van der Waals surface area (Å²) in [6, 6.07) is 23.3. The van der Waals surface area contributed by atoms with Crippen molar-refractivity contribution in [3.05, 3.63) is 89.5 Å². The second kappa shape index (κ2) is 11.0. The zero-order valence-electron chi connectivity index (χ0n) is 19.8. The van der Waals surface area contributed by atoms with Gasteiger partial charge < -0.3 is 9.30 Å². The van der Waals surface area contributed by atoms with Gasteiger partial charge in [-0.05, 0) is 61.4 Å². The first kappa shape index (κ1) is 24.2. The molecule has 0 aliphatic heterocycles. The van der Waals surface area contributed by atoms with Crippen LogP contribution in [0.3, 0.4) is 0 Å². The number of esters is 1. The Bertz CT molecular complexity index is 1380. The molecule has 7 nitrogen and oxygen atoms in total. The Morgan fingerprint density at radius 2 is 1.71 bits per heavy atom. The van der Waals surface area contributed by atoms with Crippen molar-refractivity contribution in [2.75, 3.05) is 5.75 Å². The van der Waals surface area contributed by atoms with E-state index in [1.54, 1.807) is 31.2 Å². The number of rotatable bonds is 8. The van der Waals surface area contributed by atoms with Gasteiger partial charge in [0.1, 0.15) is 5.75 Å². The Kier molecular flexibility index (Phi) is 7.62. The van der Waals surface area contributed by atoms with Crippen molar-refractivity contribution in [1.29, 1.82) is 0 Å². The summed E-state index contributed by atoms with van der Waals surface area (Å²) in [7, 11) is 0. The maximum Gasteiger partial charge on any atom is 0.308 e. The Hall–Kier alpha value is -3.91. The van der Waals surface area contributed by atoms with Crippen LogP contribution in [-0.4, -0.2) is 32.9 Å². The molecule has 3 aromatic carbocycles. The molecule has 1 amide bonds. The van der Waals surface area contributed by atoms with Crippen LogP contribution >= 0.6 is 11.8 Å². The van der Waals surface area contributed by atoms with Crippen molar-refractivity contribution in [3.8, 4) is 5.75 Å². The molecule has 0 bridgehead atoms. The van der Waals surface area contributed by atoms with Crippen molar-refractivity contribution in [2.24, 2.45) is 5.10 Å². The number of hydrogen-bond acceptors (Lipinski definition) is 6. The van der Waals surface area contributed by atoms with E-state index in [2.05, 4.69) is 46.3 Å². The Balaban J connectivity index is 1.42. The topological polar surface area (TPSA) is 85.6 Å². The maximum atomic E-state index is 12.5. The average molecular weight is 487 g/mol. The molecule has 0 unspecified atom stereocenters. The molecule has 0 radical (unpaired) electrons. The number of aromatic nitrogens is 2. The summed E-state index contributed by atoms with van der Waals surface area (Å²) in [4.78, 5) is 28.3. The fourth-order valence-corrected chi connectivity index (χ4v) is 4.30. The molecule has 0 aliphatic carbocycles. The number of nitrogens with zero attached hydrogens (tertiary/aromatic N) is 3. The third-order valence-electron chi connectivity index (χ3n) is 5.30. The molecule has 0 atom stereocenters. The molecule has 0 aliphatic rings. The van der Waals surface area contributed by atoms with E-state index < -0.39 is 0 Å². The lowest BCUT2D eigenvalue weighted by Gasteiger charge is -2.09. The first-order valence-electron chi connectivity index (χ1n) is 11.1. The van der Waals surface area contributed by atoms with Gasteiger partial charge in [0.05, 0.1) is 29.0 Å². The maximum absolute atomic E-state index is 12.5. The van der Waals surface area contributed by atoms with Crippen molar-refractivity contribution in [2.45, 2.75) is 32.5 Å². The molecule has 1 aromatic heterocycles. The van der Waals surface area contributed by atoms with Gasteiger partial charge in [-0.1, -0.05) is 53.7 Å². The number of fused-ring (bicyclic) bond motifs is 1. The normalized spacial score (nSPS) is 11.5. The van der Waals surface area contributed by atoms with Crippen molar-refractivity contribution < 1.29 is 14.3 Å². The Morgan fingerprint density at radius 1 is 1.00 bits per heavy atom. The highest BCUT2D eigenvalue weighted by Crippen LogP contribution is 2.25. The van der Waals surface area contributed by atoms with Gasteiger partial charge >= 0.3 is 5.97 Å². The van der Waals surface area contributed by atoms with Gasteiger partial charge in [0.15, 0.2) is 5.16 Å². The van der Waals surface area contributed by atoms with E-state index in [0.717, 1.165) is 21.8 Å². The predicted octanol–water partition coefficient (Wildman–Crippen LogP) is 4.95. The molecule has 1 N–H and O–H groups in total. The summed E-state index contributed by atoms with van der Waals surface area (Å²) >= 11 is 1.38. The summed E-state index contributed by atoms with van der Waals surface area (Å²) in [6.45, 7) is 5.89. The number of imidazole rings is 1. The van der Waals surface area contributed by atoms with E-state index in [-0.39, 0.29) is 17.6 Å². The second-order valence-corrected chi connectivity index (χ2v) is 9.04. The number of thioether (sulfide) groups is 1. The fourth-order valence-electron chi connectivity index (χ4n) is 3.50. The number of ether oxygens (including phenoxy) is 1. The van der Waals surface area contributed by atoms with Gasteiger partial charge in [-0.15, -0.1) is 0 Å². The summed E-state index contributed by atoms with van der Waals surface area (Å²) in [6.07, 6.45) is 0. The molecular weight excluding hydrogens is 460 g/mol. The van der Waals surface area contributed by atoms with E-state index in [9.17, 15) is 9.59 Å². The van der Waals surface area contributed by atoms with Crippen LogP contribution in [0.4, 0.5) is 0 Å². The molecule has 4 rings (SSSR count). The molecule has 0 saturated carbocycles. The van der Waals surface area contributed by atoms with Crippen LogP contribution in [0.1, 0.15) is 30.5 Å². The second-order valence-electron chi connectivity index (χ2n) is 8.09. The van der Waals surface area contributed by atoms with Crippen LogP contribution in [0, 0.1) is 6.92 Å². The number of para-hydroxylation sites is 2. The highest BCUT2D eigenvalue weighted by Gasteiger charge is 2.13. The van der Waals surface area contributed by atoms with E-state index >= 15 is 0 Å². The lowest BCUT2D eigenvalue weighted by Crippen LogP contribution is -2.21. The molecule has 0 fully saturated rings. The largest absolute Gasteiger partial charge is 0.427 e. The van der Waals surface area contributed by atoms with E-state index in [1.165, 1.54) is 29.8 Å². The molecule has 1 heterocycles. The highest BCUT2D eigenvalue weighted by atomic mass is 32.2. The van der Waals surface area contributed by atoms with Gasteiger partial charge in [-0.3, -0.25) is 9.59 Å². The molecule has 4 aromatic rings. The number of aryl methyl sites for hydroxylation is 1. The first-order chi connectivity index (χ1) is 16.9. The summed E-state index contributed by atoms with van der Waals surface area (Å²) in [5.41, 5.74) is 8.38. The zero-order valence-corrected chi connectivity index (χ0v) is 20.6. The van der Waals surface area contributed by atoms with E-state index in [4.69, 9.17) is 9.72 Å². The molecule has 0 saturated heterocycles. The van der Waals surface area contributed by atoms with E-state index in [1.807, 2.05) is 24.3 Å². The van der Waals surface area contributed by atoms with Crippen molar-refractivity contribution in [3.63, 3.8) is 0 Å². The summed E-state index contributed by atoms with van der Waals surface area (Å²) < 4.78 is 7.17. The standard InChI is InChI=1S/C27H26N4O3S/c1-18-8-10-21(11-9-18)16-31-25-7-5-4-6-24(25)28-27(31)35-17-26(33)30-29-19(2)22-12-14-23(15-13-22)34-20(3)32/h4-15H,16-17H2,1-3H3,(H,30,33). The third-order valence-corrected chi connectivity index (χ3v) is 6.27. The molecular formula is C27H26N4O3S. The highest BCUT2D eigenvalue weighted by molar-refractivity contribution is 7.99. The number of nitrogens with one attached hydrogen (secondary N) is 1. The molecule has 35 heavy (non-hydrogen) atoms. The number of hydrazone groups is 1. The number of amides is 1. The quantitative estimate of drug-likeness (QED) is 0.125. The van der Waals surface area contributed by atoms with Gasteiger partial charge in [-0.2, -0.15) is 5.10 Å². The van der Waals surface area contributed by atoms with Gasteiger partial charge in [0, 0.05) is 6.92 Å². The van der Waals surface area contributed by atoms with Crippen molar-refractivity contribution in [1.82, 2.24) is 15.0 Å². The molecule has 8 heteroatoms. The first-order valence-corrected chi connectivity index (χ1v) is 12.1. The van der Waals surface area contributed by atoms with Gasteiger partial charge in [-0.25, -0.2) is 10.4 Å². The van der Waals surface area contributed by atoms with E-state index in [0.29, 0.717) is 18.0 Å². The van der Waals surface area contributed by atoms with Crippen LogP contribution in [0.2, 0.25) is 0 Å². The third kappa shape index (κ3) is 6.36. The number of carbonyl (C=O) groups is 2. The lowest BCUT2D eigenvalue weighted by atomic mass is 10.1. The Morgan fingerprint density at radius 3 is 2.43 bits per heavy atom. The average Bonchev–Trinajstić information content (AvgIpc) is 3.20. The molecule has 178 valence electrons. The smallest absolute Gasteiger partial charge is 0.308 e. The monoisotopic (exact) mass is 486 g/mol. The number of benzene rings is 3.